The van der Waals surface area contributed by atoms with Crippen molar-refractivity contribution in [2.75, 3.05) is 6.61 Å². The van der Waals surface area contributed by atoms with Gasteiger partial charge in [-0.1, -0.05) is 47.5 Å². The van der Waals surface area contributed by atoms with Gasteiger partial charge in [-0.05, 0) is 91.8 Å². The third-order valence-electron chi connectivity index (χ3n) is 12.8. The van der Waals surface area contributed by atoms with E-state index >= 15 is 0 Å². The zero-order valence-corrected chi connectivity index (χ0v) is 22.2. The van der Waals surface area contributed by atoms with E-state index in [1.807, 2.05) is 6.92 Å². The summed E-state index contributed by atoms with van der Waals surface area (Å²) < 4.78 is 12.2. The Morgan fingerprint density at radius 2 is 1.64 bits per heavy atom. The monoisotopic (exact) mass is 460 g/mol. The maximum absolute atomic E-state index is 12.4. The van der Waals surface area contributed by atoms with Crippen LogP contribution in [0.5, 0.6) is 0 Å². The molecule has 1 saturated heterocycles. The Balaban J connectivity index is 1.59. The van der Waals surface area contributed by atoms with Crippen LogP contribution in [-0.2, 0) is 14.3 Å². The lowest BCUT2D eigenvalue weighted by atomic mass is 9.34. The summed E-state index contributed by atoms with van der Waals surface area (Å²) in [4.78, 5) is 12.4. The molecule has 0 bridgehead atoms. The number of fused-ring (bicyclic) bond motifs is 7. The molecule has 11 atom stereocenters. The van der Waals surface area contributed by atoms with Crippen LogP contribution in [0.25, 0.3) is 0 Å². The molecular formula is C29H48O4. The van der Waals surface area contributed by atoms with Crippen LogP contribution < -0.4 is 0 Å². The maximum atomic E-state index is 12.4. The van der Waals surface area contributed by atoms with Crippen molar-refractivity contribution in [1.82, 2.24) is 0 Å². The van der Waals surface area contributed by atoms with Gasteiger partial charge >= 0.3 is 5.97 Å². The Morgan fingerprint density at radius 1 is 0.939 bits per heavy atom. The third kappa shape index (κ3) is 3.11. The molecule has 0 aromatic rings. The smallest absolute Gasteiger partial charge is 0.302 e. The molecular weight excluding hydrogens is 412 g/mol. The van der Waals surface area contributed by atoms with E-state index in [2.05, 4.69) is 34.6 Å². The average molecular weight is 461 g/mol. The van der Waals surface area contributed by atoms with E-state index in [9.17, 15) is 9.90 Å². The van der Waals surface area contributed by atoms with E-state index in [1.165, 1.54) is 38.5 Å². The summed E-state index contributed by atoms with van der Waals surface area (Å²) in [5.41, 5.74) is 0.847. The highest BCUT2D eigenvalue weighted by Gasteiger charge is 2.71. The standard InChI is InChI=1S/C29H48O4/c1-8-25(3)13-9-14-26(4)21(25)12-15-27(5)22-11-10-19-20(17-32-29(19,7)31)28(22,6)24(16-23(26)27)33-18(2)30/h19-24,31H,8-17H2,1-7H3/t19-,20+,21?,22?,23?,24+,25+,26+,27+,28-,29?/m1/s1. The highest BCUT2D eigenvalue weighted by molar-refractivity contribution is 5.66. The largest absolute Gasteiger partial charge is 0.462 e. The second-order valence-corrected chi connectivity index (χ2v) is 13.9. The molecule has 4 aliphatic carbocycles. The molecule has 1 aliphatic heterocycles. The van der Waals surface area contributed by atoms with Gasteiger partial charge in [0.2, 0.25) is 0 Å². The molecule has 5 fully saturated rings. The number of carbonyl (C=O) groups is 1. The van der Waals surface area contributed by atoms with Crippen molar-refractivity contribution in [2.45, 2.75) is 118 Å². The minimum Gasteiger partial charge on any atom is -0.462 e. The van der Waals surface area contributed by atoms with Crippen LogP contribution >= 0.6 is 0 Å². The Bertz CT molecular complexity index is 807. The summed E-state index contributed by atoms with van der Waals surface area (Å²) in [5.74, 6) is 0.990. The first kappa shape index (κ1) is 24.1. The normalized spacial score (nSPS) is 57.9. The molecule has 1 heterocycles. The van der Waals surface area contributed by atoms with E-state index < -0.39 is 5.79 Å². The zero-order chi connectivity index (χ0) is 24.0. The lowest BCUT2D eigenvalue weighted by molar-refractivity contribution is -0.259. The van der Waals surface area contributed by atoms with E-state index in [1.54, 1.807) is 6.92 Å². The number of esters is 1. The lowest BCUT2D eigenvalue weighted by Crippen LogP contribution is -2.68. The van der Waals surface area contributed by atoms with Gasteiger partial charge in [-0.25, -0.2) is 0 Å². The van der Waals surface area contributed by atoms with Gasteiger partial charge in [0.1, 0.15) is 6.10 Å². The van der Waals surface area contributed by atoms with Crippen molar-refractivity contribution in [2.24, 2.45) is 51.2 Å². The van der Waals surface area contributed by atoms with Crippen LogP contribution in [0.4, 0.5) is 0 Å². The third-order valence-corrected chi connectivity index (χ3v) is 12.8. The quantitative estimate of drug-likeness (QED) is 0.488. The highest BCUT2D eigenvalue weighted by Crippen LogP contribution is 2.75. The first-order valence-electron chi connectivity index (χ1n) is 13.9. The van der Waals surface area contributed by atoms with Gasteiger partial charge in [0.25, 0.3) is 0 Å². The SMILES string of the molecule is CC[C@@]1(C)CCC[C@@]2(C)C1CC[C@]1(C)C2C[C@H](OC(C)=O)[C@@]2(C)C1CC[C@@H]1[C@@H]2COC1(C)O. The molecule has 33 heavy (non-hydrogen) atoms. The topological polar surface area (TPSA) is 55.8 Å². The number of rotatable bonds is 2. The van der Waals surface area contributed by atoms with Crippen molar-refractivity contribution in [1.29, 1.82) is 0 Å². The average Bonchev–Trinajstić information content (AvgIpc) is 3.04. The van der Waals surface area contributed by atoms with Gasteiger partial charge in [-0.2, -0.15) is 0 Å². The molecule has 5 rings (SSSR count). The highest BCUT2D eigenvalue weighted by atomic mass is 16.6. The van der Waals surface area contributed by atoms with Crippen LogP contribution in [0.3, 0.4) is 0 Å². The summed E-state index contributed by atoms with van der Waals surface area (Å²) in [7, 11) is 0. The summed E-state index contributed by atoms with van der Waals surface area (Å²) >= 11 is 0. The van der Waals surface area contributed by atoms with Crippen LogP contribution in [0.1, 0.15) is 106 Å². The van der Waals surface area contributed by atoms with Crippen molar-refractivity contribution >= 4 is 5.97 Å². The minimum absolute atomic E-state index is 0.0891. The maximum Gasteiger partial charge on any atom is 0.302 e. The molecule has 5 aliphatic rings. The molecule has 4 heteroatoms. The minimum atomic E-state index is -1.06. The number of aliphatic hydroxyl groups is 1. The molecule has 1 N–H and O–H groups in total. The van der Waals surface area contributed by atoms with Gasteiger partial charge in [0, 0.05) is 18.3 Å². The number of hydrogen-bond donors (Lipinski definition) is 1. The van der Waals surface area contributed by atoms with E-state index in [4.69, 9.17) is 9.47 Å². The number of ether oxygens (including phenoxy) is 2. The van der Waals surface area contributed by atoms with Crippen molar-refractivity contribution < 1.29 is 19.4 Å². The molecule has 188 valence electrons. The first-order valence-corrected chi connectivity index (χ1v) is 13.9. The van der Waals surface area contributed by atoms with E-state index in [0.717, 1.165) is 25.2 Å². The van der Waals surface area contributed by atoms with Gasteiger partial charge in [0.05, 0.1) is 6.61 Å². The lowest BCUT2D eigenvalue weighted by Gasteiger charge is -2.71. The molecule has 0 radical (unpaired) electrons. The second kappa shape index (κ2) is 7.45. The molecule has 0 aromatic carbocycles. The molecule has 4 unspecified atom stereocenters. The summed E-state index contributed by atoms with van der Waals surface area (Å²) in [6.45, 7) is 16.5. The Hall–Kier alpha value is -0.610. The summed E-state index contributed by atoms with van der Waals surface area (Å²) in [5, 5.41) is 11.0. The van der Waals surface area contributed by atoms with Gasteiger partial charge < -0.3 is 14.6 Å². The fourth-order valence-electron chi connectivity index (χ4n) is 11.1. The second-order valence-electron chi connectivity index (χ2n) is 13.9. The van der Waals surface area contributed by atoms with Crippen LogP contribution in [-0.4, -0.2) is 29.6 Å². The zero-order valence-electron chi connectivity index (χ0n) is 22.2. The van der Waals surface area contributed by atoms with E-state index in [0.29, 0.717) is 29.3 Å². The Labute approximate surface area is 201 Å². The summed E-state index contributed by atoms with van der Waals surface area (Å²) in [6, 6.07) is 0. The van der Waals surface area contributed by atoms with Crippen LogP contribution in [0.2, 0.25) is 0 Å². The fraction of sp³-hybridized carbons (Fsp3) is 0.966. The Kier molecular flexibility index (Phi) is 5.44. The first-order chi connectivity index (χ1) is 15.3. The van der Waals surface area contributed by atoms with Crippen molar-refractivity contribution in [3.8, 4) is 0 Å². The van der Waals surface area contributed by atoms with E-state index in [-0.39, 0.29) is 34.7 Å². The van der Waals surface area contributed by atoms with Crippen LogP contribution in [0, 0.1) is 51.2 Å². The van der Waals surface area contributed by atoms with Crippen molar-refractivity contribution in [3.05, 3.63) is 0 Å². The number of hydrogen-bond acceptors (Lipinski definition) is 4. The fourth-order valence-corrected chi connectivity index (χ4v) is 11.1. The predicted octanol–water partition coefficient (Wildman–Crippen LogP) is 6.35. The van der Waals surface area contributed by atoms with Gasteiger partial charge in [-0.15, -0.1) is 0 Å². The van der Waals surface area contributed by atoms with Crippen LogP contribution in [0.15, 0.2) is 0 Å². The van der Waals surface area contributed by atoms with Crippen molar-refractivity contribution in [3.63, 3.8) is 0 Å². The number of carbonyl (C=O) groups excluding carboxylic acids is 1. The molecule has 4 nitrogen and oxygen atoms in total. The molecule has 0 aromatic heterocycles. The predicted molar refractivity (Wildman–Crippen MR) is 129 cm³/mol. The molecule has 0 spiro atoms. The van der Waals surface area contributed by atoms with Gasteiger partial charge in [-0.3, -0.25) is 4.79 Å². The van der Waals surface area contributed by atoms with Gasteiger partial charge in [0.15, 0.2) is 5.79 Å². The molecule has 0 amide bonds. The molecule has 4 saturated carbocycles. The Morgan fingerprint density at radius 3 is 2.30 bits per heavy atom. The summed E-state index contributed by atoms with van der Waals surface area (Å²) in [6.07, 6.45) is 10.9.